The molecule has 7 heteroatoms. The van der Waals surface area contributed by atoms with Gasteiger partial charge in [0.1, 0.15) is 5.56 Å². The van der Waals surface area contributed by atoms with Gasteiger partial charge < -0.3 is 10.0 Å². The van der Waals surface area contributed by atoms with E-state index < -0.39 is 17.1 Å². The molecule has 128 valence electrons. The van der Waals surface area contributed by atoms with E-state index in [1.165, 1.54) is 20.3 Å². The number of hydrogen-bond acceptors (Lipinski definition) is 5. The van der Waals surface area contributed by atoms with Crippen molar-refractivity contribution in [2.45, 2.75) is 13.8 Å². The molecule has 0 saturated carbocycles. The van der Waals surface area contributed by atoms with Crippen LogP contribution in [0, 0.1) is 0 Å². The topological polar surface area (TPSA) is 79.8 Å². The van der Waals surface area contributed by atoms with E-state index in [0.29, 0.717) is 5.69 Å². The van der Waals surface area contributed by atoms with Crippen molar-refractivity contribution in [2.24, 2.45) is 19.1 Å². The van der Waals surface area contributed by atoms with Crippen LogP contribution in [0.1, 0.15) is 19.4 Å². The predicted octanol–water partition coefficient (Wildman–Crippen LogP) is 1.39. The van der Waals surface area contributed by atoms with Crippen LogP contribution in [0.3, 0.4) is 0 Å². The Morgan fingerprint density at radius 3 is 2.21 bits per heavy atom. The van der Waals surface area contributed by atoms with Crippen LogP contribution in [0.4, 0.5) is 11.4 Å². The molecule has 2 aromatic rings. The highest BCUT2D eigenvalue weighted by atomic mass is 16.3. The Bertz CT molecular complexity index is 859. The highest BCUT2D eigenvalue weighted by Gasteiger charge is 2.12. The van der Waals surface area contributed by atoms with E-state index in [1.54, 1.807) is 0 Å². The minimum absolute atomic E-state index is 0.0209. The number of rotatable bonds is 5. The van der Waals surface area contributed by atoms with Crippen molar-refractivity contribution in [3.63, 3.8) is 0 Å². The summed E-state index contributed by atoms with van der Waals surface area (Å²) in [5.41, 5.74) is 0.561. The normalized spacial score (nSPS) is 11.2. The van der Waals surface area contributed by atoms with E-state index in [-0.39, 0.29) is 5.56 Å². The lowest BCUT2D eigenvalue weighted by Crippen LogP contribution is -2.38. The molecule has 1 aromatic carbocycles. The number of hydrogen-bond donors (Lipinski definition) is 1. The molecule has 1 aromatic heterocycles. The molecule has 1 N–H and O–H groups in total. The quantitative estimate of drug-likeness (QED) is 0.840. The van der Waals surface area contributed by atoms with Crippen molar-refractivity contribution in [3.8, 4) is 5.88 Å². The molecule has 0 amide bonds. The Kier molecular flexibility index (Phi) is 5.23. The third-order valence-electron chi connectivity index (χ3n) is 3.99. The van der Waals surface area contributed by atoms with E-state index in [4.69, 9.17) is 0 Å². The lowest BCUT2D eigenvalue weighted by molar-refractivity contribution is 0.410. The van der Waals surface area contributed by atoms with Gasteiger partial charge in [0.2, 0.25) is 5.88 Å². The summed E-state index contributed by atoms with van der Waals surface area (Å²) in [5, 5.41) is 9.99. The Hall–Kier alpha value is -2.83. The third kappa shape index (κ3) is 3.24. The number of anilines is 1. The molecule has 0 saturated heterocycles. The van der Waals surface area contributed by atoms with Gasteiger partial charge in [0.05, 0.1) is 5.69 Å². The van der Waals surface area contributed by atoms with Gasteiger partial charge in [-0.25, -0.2) is 4.79 Å². The van der Waals surface area contributed by atoms with Gasteiger partial charge >= 0.3 is 5.69 Å². The van der Waals surface area contributed by atoms with Crippen molar-refractivity contribution in [1.82, 2.24) is 9.13 Å². The predicted molar refractivity (Wildman–Crippen MR) is 95.8 cm³/mol. The lowest BCUT2D eigenvalue weighted by atomic mass is 10.2. The standard InChI is InChI=1S/C17H22N4O3/c1-5-21(6-2)13-9-7-12(8-10-13)18-11-14-15(22)19(3)17(24)20(4)16(14)23/h7-11,22H,5-6H2,1-4H3. The molecular weight excluding hydrogens is 308 g/mol. The fraction of sp³-hybridized carbons (Fsp3) is 0.353. The SMILES string of the molecule is CCN(CC)c1ccc(N=Cc2c(O)n(C)c(=O)n(C)c2=O)cc1. The van der Waals surface area contributed by atoms with Crippen LogP contribution in [0.5, 0.6) is 5.88 Å². The first-order valence-electron chi connectivity index (χ1n) is 7.78. The Balaban J connectivity index is 2.36. The molecule has 0 spiro atoms. The van der Waals surface area contributed by atoms with Gasteiger partial charge in [0.25, 0.3) is 5.56 Å². The Labute approximate surface area is 140 Å². The van der Waals surface area contributed by atoms with E-state index in [1.807, 2.05) is 24.3 Å². The van der Waals surface area contributed by atoms with E-state index in [9.17, 15) is 14.7 Å². The number of aromatic nitrogens is 2. The van der Waals surface area contributed by atoms with E-state index >= 15 is 0 Å². The molecule has 0 atom stereocenters. The van der Waals surface area contributed by atoms with Crippen molar-refractivity contribution in [1.29, 1.82) is 0 Å². The van der Waals surface area contributed by atoms with Crippen LogP contribution < -0.4 is 16.1 Å². The summed E-state index contributed by atoms with van der Waals surface area (Å²) in [6.07, 6.45) is 1.28. The molecule has 0 unspecified atom stereocenters. The fourth-order valence-electron chi connectivity index (χ4n) is 2.45. The molecule has 2 rings (SSSR count). The molecule has 0 bridgehead atoms. The maximum absolute atomic E-state index is 12.1. The zero-order valence-corrected chi connectivity index (χ0v) is 14.4. The first-order valence-corrected chi connectivity index (χ1v) is 7.78. The summed E-state index contributed by atoms with van der Waals surface area (Å²) < 4.78 is 1.94. The minimum Gasteiger partial charge on any atom is -0.494 e. The van der Waals surface area contributed by atoms with Gasteiger partial charge in [-0.2, -0.15) is 0 Å². The van der Waals surface area contributed by atoms with Crippen molar-refractivity contribution >= 4 is 17.6 Å². The zero-order chi connectivity index (χ0) is 17.9. The van der Waals surface area contributed by atoms with Crippen LogP contribution in [-0.2, 0) is 14.1 Å². The smallest absolute Gasteiger partial charge is 0.333 e. The summed E-state index contributed by atoms with van der Waals surface area (Å²) in [5.74, 6) is -0.397. The Morgan fingerprint density at radius 2 is 1.67 bits per heavy atom. The molecule has 0 fully saturated rings. The van der Waals surface area contributed by atoms with E-state index in [2.05, 4.69) is 23.7 Å². The average Bonchev–Trinajstić information content (AvgIpc) is 2.60. The number of nitrogens with zero attached hydrogens (tertiary/aromatic N) is 4. The lowest BCUT2D eigenvalue weighted by Gasteiger charge is -2.20. The second-order valence-corrected chi connectivity index (χ2v) is 5.39. The van der Waals surface area contributed by atoms with Crippen LogP contribution >= 0.6 is 0 Å². The third-order valence-corrected chi connectivity index (χ3v) is 3.99. The van der Waals surface area contributed by atoms with Crippen LogP contribution in [-0.4, -0.2) is 33.5 Å². The molecule has 0 radical (unpaired) electrons. The van der Waals surface area contributed by atoms with Gasteiger partial charge in [0.15, 0.2) is 0 Å². The van der Waals surface area contributed by atoms with Gasteiger partial charge in [-0.15, -0.1) is 0 Å². The second kappa shape index (κ2) is 7.16. The van der Waals surface area contributed by atoms with Crippen LogP contribution in [0.2, 0.25) is 0 Å². The molecular formula is C17H22N4O3. The molecule has 0 aliphatic carbocycles. The van der Waals surface area contributed by atoms with Crippen LogP contribution in [0.25, 0.3) is 0 Å². The van der Waals surface area contributed by atoms with Gasteiger partial charge in [0, 0.05) is 39.1 Å². The number of aliphatic imine (C=N–C) groups is 1. The number of aromatic hydroxyl groups is 1. The van der Waals surface area contributed by atoms with Crippen molar-refractivity contribution < 1.29 is 5.11 Å². The number of benzene rings is 1. The first kappa shape index (κ1) is 17.5. The average molecular weight is 330 g/mol. The van der Waals surface area contributed by atoms with Crippen LogP contribution in [0.15, 0.2) is 38.8 Å². The Morgan fingerprint density at radius 1 is 1.08 bits per heavy atom. The molecule has 0 aliphatic rings. The maximum atomic E-state index is 12.1. The summed E-state index contributed by atoms with van der Waals surface area (Å²) in [4.78, 5) is 30.2. The summed E-state index contributed by atoms with van der Waals surface area (Å²) in [6.45, 7) is 6.02. The molecule has 1 heterocycles. The van der Waals surface area contributed by atoms with Gasteiger partial charge in [-0.05, 0) is 38.1 Å². The summed E-state index contributed by atoms with van der Waals surface area (Å²) in [7, 11) is 2.76. The zero-order valence-electron chi connectivity index (χ0n) is 14.4. The highest BCUT2D eigenvalue weighted by molar-refractivity contribution is 5.84. The van der Waals surface area contributed by atoms with E-state index in [0.717, 1.165) is 27.9 Å². The summed E-state index contributed by atoms with van der Waals surface area (Å²) >= 11 is 0. The molecule has 7 nitrogen and oxygen atoms in total. The monoisotopic (exact) mass is 330 g/mol. The molecule has 0 aliphatic heterocycles. The second-order valence-electron chi connectivity index (χ2n) is 5.39. The highest BCUT2D eigenvalue weighted by Crippen LogP contribution is 2.20. The maximum Gasteiger partial charge on any atom is 0.333 e. The minimum atomic E-state index is -0.585. The van der Waals surface area contributed by atoms with Gasteiger partial charge in [-0.3, -0.25) is 18.9 Å². The first-order chi connectivity index (χ1) is 11.4. The van der Waals surface area contributed by atoms with Crippen molar-refractivity contribution in [2.75, 3.05) is 18.0 Å². The fourth-order valence-corrected chi connectivity index (χ4v) is 2.45. The van der Waals surface area contributed by atoms with Gasteiger partial charge in [-0.1, -0.05) is 0 Å². The van der Waals surface area contributed by atoms with Crippen molar-refractivity contribution in [3.05, 3.63) is 50.7 Å². The largest absolute Gasteiger partial charge is 0.494 e. The summed E-state index contributed by atoms with van der Waals surface area (Å²) in [6, 6.07) is 7.60. The molecule has 24 heavy (non-hydrogen) atoms.